The summed E-state index contributed by atoms with van der Waals surface area (Å²) in [6, 6.07) is 0. The van der Waals surface area contributed by atoms with Crippen LogP contribution >= 0.6 is 11.8 Å². The molecule has 226 valence electrons. The van der Waals surface area contributed by atoms with Gasteiger partial charge < -0.3 is 14.5 Å². The Morgan fingerprint density at radius 3 is 1.63 bits per heavy atom. The van der Waals surface area contributed by atoms with Crippen LogP contribution in [0.1, 0.15) is 149 Å². The molecule has 0 bridgehead atoms. The highest BCUT2D eigenvalue weighted by atomic mass is 32.2. The van der Waals surface area contributed by atoms with Gasteiger partial charge in [-0.25, -0.2) is 0 Å². The average molecular weight is 557 g/mol. The van der Waals surface area contributed by atoms with Gasteiger partial charge in [0.05, 0.1) is 0 Å². The van der Waals surface area contributed by atoms with Crippen LogP contribution in [0, 0.1) is 0 Å². The second-order valence-electron chi connectivity index (χ2n) is 11.3. The molecule has 0 unspecified atom stereocenters. The van der Waals surface area contributed by atoms with Crippen LogP contribution in [-0.4, -0.2) is 66.6 Å². The molecule has 38 heavy (non-hydrogen) atoms. The van der Waals surface area contributed by atoms with E-state index in [1.54, 1.807) is 0 Å². The van der Waals surface area contributed by atoms with E-state index in [-0.39, 0.29) is 17.3 Å². The van der Waals surface area contributed by atoms with Crippen molar-refractivity contribution in [2.75, 3.05) is 39.5 Å². The van der Waals surface area contributed by atoms with Crippen molar-refractivity contribution in [3.8, 4) is 0 Å². The fraction of sp³-hybridized carbons (Fsp3) is 0.938. The maximum absolute atomic E-state index is 12.8. The van der Waals surface area contributed by atoms with Gasteiger partial charge in [0, 0.05) is 31.8 Å². The van der Waals surface area contributed by atoms with Gasteiger partial charge in [0.2, 0.25) is 0 Å². The van der Waals surface area contributed by atoms with Crippen LogP contribution in [0.4, 0.5) is 4.79 Å². The van der Waals surface area contributed by atoms with Crippen molar-refractivity contribution in [3.05, 3.63) is 0 Å². The summed E-state index contributed by atoms with van der Waals surface area (Å²) in [4.78, 5) is 29.7. The quantitative estimate of drug-likeness (QED) is 0.0745. The van der Waals surface area contributed by atoms with Gasteiger partial charge in [0.25, 0.3) is 5.24 Å². The predicted molar refractivity (Wildman–Crippen MR) is 167 cm³/mol. The Balaban J connectivity index is 4.60. The highest BCUT2D eigenvalue weighted by molar-refractivity contribution is 8.13. The van der Waals surface area contributed by atoms with E-state index in [0.717, 1.165) is 57.4 Å². The Kier molecular flexibility index (Phi) is 27.3. The Labute approximate surface area is 241 Å². The summed E-state index contributed by atoms with van der Waals surface area (Å²) in [6.45, 7) is 9.04. The molecule has 0 heterocycles. The van der Waals surface area contributed by atoms with Crippen molar-refractivity contribution in [1.29, 1.82) is 0 Å². The number of carbonyl (C=O) groups excluding carboxylic acids is 2. The Morgan fingerprint density at radius 1 is 0.632 bits per heavy atom. The molecular weight excluding hydrogens is 492 g/mol. The van der Waals surface area contributed by atoms with Gasteiger partial charge in [-0.1, -0.05) is 116 Å². The number of amides is 1. The molecular formula is C32H64N2O3S. The van der Waals surface area contributed by atoms with Crippen LogP contribution in [0.15, 0.2) is 0 Å². The molecule has 0 saturated carbocycles. The van der Waals surface area contributed by atoms with Crippen LogP contribution in [0.3, 0.4) is 0 Å². The first-order valence-corrected chi connectivity index (χ1v) is 17.2. The predicted octanol–water partition coefficient (Wildman–Crippen LogP) is 9.48. The minimum absolute atomic E-state index is 0.0632. The van der Waals surface area contributed by atoms with Crippen LogP contribution < -0.4 is 0 Å². The number of carbonyl (C=O) groups is 2. The second kappa shape index (κ2) is 27.8. The third-order valence-corrected chi connectivity index (χ3v) is 8.06. The topological polar surface area (TPSA) is 49.9 Å². The maximum Gasteiger partial charge on any atom is 0.306 e. The molecule has 0 aromatic rings. The summed E-state index contributed by atoms with van der Waals surface area (Å²) in [5.74, 6) is 0.725. The van der Waals surface area contributed by atoms with Gasteiger partial charge in [-0.3, -0.25) is 9.59 Å². The molecule has 0 radical (unpaired) electrons. The number of thioether (sulfide) groups is 1. The maximum atomic E-state index is 12.8. The number of esters is 1. The van der Waals surface area contributed by atoms with Crippen LogP contribution in [0.2, 0.25) is 0 Å². The van der Waals surface area contributed by atoms with E-state index in [1.807, 2.05) is 19.0 Å². The minimum atomic E-state index is -0.0781. The normalized spacial score (nSPS) is 11.4. The first kappa shape index (κ1) is 37.2. The molecule has 0 fully saturated rings. The zero-order valence-electron chi connectivity index (χ0n) is 26.1. The monoisotopic (exact) mass is 556 g/mol. The summed E-state index contributed by atoms with van der Waals surface area (Å²) in [5, 5.41) is 0.153. The van der Waals surface area contributed by atoms with Crippen molar-refractivity contribution in [2.24, 2.45) is 0 Å². The lowest BCUT2D eigenvalue weighted by Gasteiger charge is -2.23. The number of unbranched alkanes of at least 4 members (excludes halogenated alkanes) is 13. The first-order valence-electron chi connectivity index (χ1n) is 16.2. The lowest BCUT2D eigenvalue weighted by molar-refractivity contribution is -0.150. The highest BCUT2D eigenvalue weighted by Gasteiger charge is 2.17. The molecule has 0 atom stereocenters. The second-order valence-corrected chi connectivity index (χ2v) is 12.3. The van der Waals surface area contributed by atoms with Gasteiger partial charge in [0.15, 0.2) is 0 Å². The van der Waals surface area contributed by atoms with Crippen LogP contribution in [0.5, 0.6) is 0 Å². The van der Waals surface area contributed by atoms with Gasteiger partial charge in [-0.15, -0.1) is 0 Å². The highest BCUT2D eigenvalue weighted by Crippen LogP contribution is 2.18. The molecule has 0 aliphatic carbocycles. The molecule has 0 aliphatic heterocycles. The van der Waals surface area contributed by atoms with E-state index < -0.39 is 0 Å². The Hall–Kier alpha value is -0.750. The first-order chi connectivity index (χ1) is 18.4. The molecule has 1 amide bonds. The number of nitrogens with zero attached hydrogens (tertiary/aromatic N) is 2. The van der Waals surface area contributed by atoms with E-state index in [1.165, 1.54) is 88.8 Å². The van der Waals surface area contributed by atoms with Crippen molar-refractivity contribution >= 4 is 23.0 Å². The van der Waals surface area contributed by atoms with Crippen LogP contribution in [-0.2, 0) is 9.53 Å². The fourth-order valence-corrected chi connectivity index (χ4v) is 5.65. The number of hydrogen-bond donors (Lipinski definition) is 0. The van der Waals surface area contributed by atoms with Gasteiger partial charge >= 0.3 is 5.97 Å². The summed E-state index contributed by atoms with van der Waals surface area (Å²) in [7, 11) is 4.07. The van der Waals surface area contributed by atoms with Crippen molar-refractivity contribution in [1.82, 2.24) is 9.80 Å². The van der Waals surface area contributed by atoms with Crippen molar-refractivity contribution in [2.45, 2.75) is 155 Å². The van der Waals surface area contributed by atoms with Crippen molar-refractivity contribution in [3.63, 3.8) is 0 Å². The third kappa shape index (κ3) is 24.3. The zero-order chi connectivity index (χ0) is 28.3. The largest absolute Gasteiger partial charge is 0.462 e. The Morgan fingerprint density at radius 2 is 1.11 bits per heavy atom. The third-order valence-electron chi connectivity index (χ3n) is 7.17. The molecule has 0 spiro atoms. The van der Waals surface area contributed by atoms with E-state index in [2.05, 4.69) is 25.7 Å². The number of hydrogen-bond acceptors (Lipinski definition) is 5. The summed E-state index contributed by atoms with van der Waals surface area (Å²) in [5.41, 5.74) is 0. The Bertz CT molecular complexity index is 529. The van der Waals surface area contributed by atoms with Crippen molar-refractivity contribution < 1.29 is 14.3 Å². The average Bonchev–Trinajstić information content (AvgIpc) is 2.88. The lowest BCUT2D eigenvalue weighted by Crippen LogP contribution is -2.31. The minimum Gasteiger partial charge on any atom is -0.462 e. The molecule has 0 rings (SSSR count). The molecule has 5 nitrogen and oxygen atoms in total. The van der Waals surface area contributed by atoms with Gasteiger partial charge in [-0.2, -0.15) is 0 Å². The summed E-state index contributed by atoms with van der Waals surface area (Å²) < 4.78 is 6.00. The molecule has 0 aromatic heterocycles. The SMILES string of the molecule is CCCCCCCCC(CCCCCCCC)OC(=O)CCCN(CCCCCC)C(=O)SCCN(C)C. The standard InChI is InChI=1S/C32H64N2O3S/c1-6-9-12-15-17-19-23-30(24-20-18-16-13-10-7-2)37-31(35)25-22-27-34(26-21-14-11-8-3)32(36)38-29-28-33(4)5/h30H,6-29H2,1-5H3. The van der Waals surface area contributed by atoms with E-state index in [9.17, 15) is 9.59 Å². The molecule has 0 aromatic carbocycles. The van der Waals surface area contributed by atoms with Gasteiger partial charge in [0.1, 0.15) is 6.10 Å². The smallest absolute Gasteiger partial charge is 0.306 e. The van der Waals surface area contributed by atoms with Crippen LogP contribution in [0.25, 0.3) is 0 Å². The van der Waals surface area contributed by atoms with E-state index in [4.69, 9.17) is 4.74 Å². The molecule has 0 N–H and O–H groups in total. The zero-order valence-corrected chi connectivity index (χ0v) is 26.9. The number of ether oxygens (including phenoxy) is 1. The molecule has 0 saturated heterocycles. The lowest BCUT2D eigenvalue weighted by atomic mass is 10.0. The molecule has 0 aliphatic rings. The fourth-order valence-electron chi connectivity index (χ4n) is 4.66. The molecule has 6 heteroatoms. The van der Waals surface area contributed by atoms with E-state index in [0.29, 0.717) is 19.4 Å². The van der Waals surface area contributed by atoms with Gasteiger partial charge in [-0.05, 0) is 52.6 Å². The summed E-state index contributed by atoms with van der Waals surface area (Å²) in [6.07, 6.45) is 22.9. The number of rotatable bonds is 27. The van der Waals surface area contributed by atoms with E-state index >= 15 is 0 Å². The summed E-state index contributed by atoms with van der Waals surface area (Å²) >= 11 is 1.41.